The van der Waals surface area contributed by atoms with Crippen LogP contribution in [0, 0.1) is 5.92 Å². The minimum atomic E-state index is -0.0267. The van der Waals surface area contributed by atoms with Crippen LogP contribution in [0.3, 0.4) is 0 Å². The van der Waals surface area contributed by atoms with Crippen LogP contribution < -0.4 is 11.5 Å². The Morgan fingerprint density at radius 1 is 0.929 bits per heavy atom. The van der Waals surface area contributed by atoms with E-state index in [9.17, 15) is 0 Å². The standard InChI is InChI=1S/C22H24ClN5/c23-16-12-10-15(11-13-16)20-19(17-8-4-5-9-18(17)26-20)21(27-28-22(24)25)14-6-2-1-3-7-14/h4-5,8-14,26H,1-3,6-7H2,(H4,24,25,28)/b27-21-. The van der Waals surface area contributed by atoms with Gasteiger partial charge >= 0.3 is 0 Å². The molecule has 5 nitrogen and oxygen atoms in total. The van der Waals surface area contributed by atoms with Crippen molar-refractivity contribution < 1.29 is 0 Å². The molecule has 0 aliphatic heterocycles. The van der Waals surface area contributed by atoms with Gasteiger partial charge in [-0.15, -0.1) is 5.10 Å². The van der Waals surface area contributed by atoms with Crippen LogP contribution in [0.2, 0.25) is 5.02 Å². The third-order valence-electron chi connectivity index (χ3n) is 5.36. The van der Waals surface area contributed by atoms with Crippen molar-refractivity contribution >= 4 is 34.2 Å². The van der Waals surface area contributed by atoms with Crippen molar-refractivity contribution in [1.29, 1.82) is 0 Å². The van der Waals surface area contributed by atoms with Crippen LogP contribution in [0.25, 0.3) is 22.2 Å². The Balaban J connectivity index is 1.95. The van der Waals surface area contributed by atoms with Gasteiger partial charge in [-0.05, 0) is 36.6 Å². The number of hydrogen-bond acceptors (Lipinski definition) is 2. The number of nitrogens with one attached hydrogen (secondary N) is 1. The first-order chi connectivity index (χ1) is 13.6. The van der Waals surface area contributed by atoms with Gasteiger partial charge in [0.15, 0.2) is 0 Å². The van der Waals surface area contributed by atoms with E-state index in [-0.39, 0.29) is 5.96 Å². The van der Waals surface area contributed by atoms with Gasteiger partial charge in [0.25, 0.3) is 0 Å². The van der Waals surface area contributed by atoms with Crippen LogP contribution in [0.5, 0.6) is 0 Å². The number of H-pyrrole nitrogens is 1. The summed E-state index contributed by atoms with van der Waals surface area (Å²) in [6.07, 6.45) is 5.86. The Labute approximate surface area is 169 Å². The van der Waals surface area contributed by atoms with E-state index in [1.165, 1.54) is 19.3 Å². The highest BCUT2D eigenvalue weighted by Crippen LogP contribution is 2.36. The van der Waals surface area contributed by atoms with E-state index in [1.807, 2.05) is 36.4 Å². The lowest BCUT2D eigenvalue weighted by Gasteiger charge is -2.23. The van der Waals surface area contributed by atoms with Gasteiger partial charge < -0.3 is 16.5 Å². The van der Waals surface area contributed by atoms with Crippen LogP contribution in [0.4, 0.5) is 0 Å². The molecule has 5 N–H and O–H groups in total. The molecule has 0 atom stereocenters. The van der Waals surface area contributed by atoms with Crippen molar-refractivity contribution in [3.8, 4) is 11.3 Å². The van der Waals surface area contributed by atoms with Crippen LogP contribution in [0.1, 0.15) is 37.7 Å². The fourth-order valence-corrected chi connectivity index (χ4v) is 4.19. The van der Waals surface area contributed by atoms with Gasteiger partial charge in [-0.3, -0.25) is 0 Å². The largest absolute Gasteiger partial charge is 0.369 e. The number of fused-ring (bicyclic) bond motifs is 1. The zero-order valence-electron chi connectivity index (χ0n) is 15.7. The summed E-state index contributed by atoms with van der Waals surface area (Å²) in [7, 11) is 0. The van der Waals surface area contributed by atoms with Crippen LogP contribution in [-0.4, -0.2) is 16.7 Å². The van der Waals surface area contributed by atoms with E-state index in [1.54, 1.807) is 0 Å². The molecule has 0 radical (unpaired) electrons. The Morgan fingerprint density at radius 2 is 1.64 bits per heavy atom. The monoisotopic (exact) mass is 393 g/mol. The predicted molar refractivity (Wildman–Crippen MR) is 118 cm³/mol. The van der Waals surface area contributed by atoms with Crippen LogP contribution in [-0.2, 0) is 0 Å². The Bertz CT molecular complexity index is 1020. The highest BCUT2D eigenvalue weighted by molar-refractivity contribution is 6.30. The van der Waals surface area contributed by atoms with Crippen molar-refractivity contribution in [2.24, 2.45) is 27.6 Å². The quantitative estimate of drug-likeness (QED) is 0.329. The second-order valence-corrected chi connectivity index (χ2v) is 7.71. The van der Waals surface area contributed by atoms with Crippen molar-refractivity contribution in [2.75, 3.05) is 0 Å². The van der Waals surface area contributed by atoms with Gasteiger partial charge in [0.1, 0.15) is 0 Å². The lowest BCUT2D eigenvalue weighted by atomic mass is 9.82. The molecule has 1 heterocycles. The Hall–Kier alpha value is -2.79. The Kier molecular flexibility index (Phi) is 5.35. The van der Waals surface area contributed by atoms with Crippen molar-refractivity contribution in [1.82, 2.24) is 4.98 Å². The first-order valence-electron chi connectivity index (χ1n) is 9.67. The number of hydrogen-bond donors (Lipinski definition) is 3. The molecule has 144 valence electrons. The number of aromatic nitrogens is 1. The summed E-state index contributed by atoms with van der Waals surface area (Å²) in [5.74, 6) is 0.309. The third kappa shape index (κ3) is 3.76. The topological polar surface area (TPSA) is 92.6 Å². The fourth-order valence-electron chi connectivity index (χ4n) is 4.06. The van der Waals surface area contributed by atoms with Gasteiger partial charge in [0, 0.05) is 27.4 Å². The van der Waals surface area contributed by atoms with E-state index in [2.05, 4.69) is 27.3 Å². The van der Waals surface area contributed by atoms with E-state index in [0.717, 1.165) is 46.3 Å². The van der Waals surface area contributed by atoms with Gasteiger partial charge in [-0.1, -0.05) is 61.2 Å². The number of rotatable bonds is 4. The van der Waals surface area contributed by atoms with E-state index < -0.39 is 0 Å². The summed E-state index contributed by atoms with van der Waals surface area (Å²) in [6, 6.07) is 16.1. The van der Waals surface area contributed by atoms with Crippen LogP contribution in [0.15, 0.2) is 58.7 Å². The van der Waals surface area contributed by atoms with Gasteiger partial charge in [-0.2, -0.15) is 5.10 Å². The van der Waals surface area contributed by atoms with Crippen LogP contribution >= 0.6 is 11.6 Å². The van der Waals surface area contributed by atoms with Crippen molar-refractivity contribution in [3.05, 3.63) is 59.1 Å². The number of guanidine groups is 1. The molecule has 1 aromatic heterocycles. The van der Waals surface area contributed by atoms with E-state index in [0.29, 0.717) is 10.9 Å². The summed E-state index contributed by atoms with van der Waals surface area (Å²) in [6.45, 7) is 0. The molecular formula is C22H24ClN5. The lowest BCUT2D eigenvalue weighted by molar-refractivity contribution is 0.439. The maximum Gasteiger partial charge on any atom is 0.211 e. The molecule has 1 fully saturated rings. The first kappa shape index (κ1) is 18.6. The second kappa shape index (κ2) is 8.07. The van der Waals surface area contributed by atoms with Gasteiger partial charge in [0.2, 0.25) is 5.96 Å². The number of nitrogens with zero attached hydrogens (tertiary/aromatic N) is 2. The summed E-state index contributed by atoms with van der Waals surface area (Å²) in [4.78, 5) is 3.57. The number of nitrogens with two attached hydrogens (primary N) is 2. The number of para-hydroxylation sites is 1. The molecular weight excluding hydrogens is 370 g/mol. The second-order valence-electron chi connectivity index (χ2n) is 7.27. The molecule has 0 saturated heterocycles. The first-order valence-corrected chi connectivity index (χ1v) is 10.0. The number of benzene rings is 2. The molecule has 1 saturated carbocycles. The molecule has 0 bridgehead atoms. The lowest BCUT2D eigenvalue weighted by Crippen LogP contribution is -2.23. The predicted octanol–water partition coefficient (Wildman–Crippen LogP) is 5.05. The maximum atomic E-state index is 6.11. The summed E-state index contributed by atoms with van der Waals surface area (Å²) < 4.78 is 0. The maximum absolute atomic E-state index is 6.11. The normalized spacial score (nSPS) is 15.7. The third-order valence-corrected chi connectivity index (χ3v) is 5.61. The summed E-state index contributed by atoms with van der Waals surface area (Å²) in [5, 5.41) is 10.4. The molecule has 0 spiro atoms. The van der Waals surface area contributed by atoms with Crippen molar-refractivity contribution in [2.45, 2.75) is 32.1 Å². The molecule has 1 aliphatic carbocycles. The highest BCUT2D eigenvalue weighted by atomic mass is 35.5. The van der Waals surface area contributed by atoms with Crippen molar-refractivity contribution in [3.63, 3.8) is 0 Å². The minimum Gasteiger partial charge on any atom is -0.369 e. The van der Waals surface area contributed by atoms with Gasteiger partial charge in [-0.25, -0.2) is 0 Å². The number of aromatic amines is 1. The molecule has 4 rings (SSSR count). The summed E-state index contributed by atoms with van der Waals surface area (Å²) in [5.41, 5.74) is 16.4. The Morgan fingerprint density at radius 3 is 2.36 bits per heavy atom. The molecule has 0 unspecified atom stereocenters. The summed E-state index contributed by atoms with van der Waals surface area (Å²) >= 11 is 6.11. The average molecular weight is 394 g/mol. The molecule has 1 aliphatic rings. The number of halogens is 1. The molecule has 2 aromatic carbocycles. The van der Waals surface area contributed by atoms with E-state index in [4.69, 9.17) is 23.1 Å². The smallest absolute Gasteiger partial charge is 0.211 e. The highest BCUT2D eigenvalue weighted by Gasteiger charge is 2.26. The average Bonchev–Trinajstić information content (AvgIpc) is 3.09. The van der Waals surface area contributed by atoms with E-state index >= 15 is 0 Å². The molecule has 3 aromatic rings. The molecule has 28 heavy (non-hydrogen) atoms. The molecule has 0 amide bonds. The fraction of sp³-hybridized carbons (Fsp3) is 0.273. The zero-order valence-corrected chi connectivity index (χ0v) is 16.4. The molecule has 6 heteroatoms. The minimum absolute atomic E-state index is 0.0267. The SMILES string of the molecule is NC(N)=N/N=C(\c1c(-c2ccc(Cl)cc2)[nH]c2ccccc12)C1CCCCC1. The van der Waals surface area contributed by atoms with Gasteiger partial charge in [0.05, 0.1) is 11.4 Å². The zero-order chi connectivity index (χ0) is 19.5.